The fourth-order valence-electron chi connectivity index (χ4n) is 4.03. The molecule has 1 aliphatic carbocycles. The normalized spacial score (nSPS) is 29.9. The first kappa shape index (κ1) is 18.9. The first-order valence-electron chi connectivity index (χ1n) is 9.50. The lowest BCUT2D eigenvalue weighted by Gasteiger charge is -2.19. The third kappa shape index (κ3) is 3.64. The van der Waals surface area contributed by atoms with Crippen molar-refractivity contribution >= 4 is 28.5 Å². The van der Waals surface area contributed by atoms with Crippen LogP contribution < -0.4 is 5.32 Å². The Balaban J connectivity index is 1.66. The van der Waals surface area contributed by atoms with Crippen molar-refractivity contribution in [3.05, 3.63) is 17.5 Å². The predicted octanol–water partition coefficient (Wildman–Crippen LogP) is 1.83. The van der Waals surface area contributed by atoms with Crippen LogP contribution in [0, 0.1) is 0 Å². The van der Waals surface area contributed by atoms with Gasteiger partial charge in [-0.1, -0.05) is 37.3 Å². The maximum Gasteiger partial charge on any atom is 0.165 e. The molecule has 4 atom stereocenters. The number of ether oxygens (including phenoxy) is 1. The van der Waals surface area contributed by atoms with Gasteiger partial charge in [0.1, 0.15) is 29.0 Å². The van der Waals surface area contributed by atoms with E-state index in [-0.39, 0.29) is 6.61 Å². The van der Waals surface area contributed by atoms with Gasteiger partial charge < -0.3 is 25.4 Å². The summed E-state index contributed by atoms with van der Waals surface area (Å²) < 4.78 is 7.16. The molecule has 4 rings (SSSR count). The van der Waals surface area contributed by atoms with Crippen molar-refractivity contribution in [2.45, 2.75) is 69.1 Å². The van der Waals surface area contributed by atoms with E-state index in [0.717, 1.165) is 18.5 Å². The van der Waals surface area contributed by atoms with Crippen LogP contribution in [0.3, 0.4) is 0 Å². The number of hydrogen-bond acceptors (Lipinski definition) is 7. The molecule has 2 aliphatic rings. The number of imidazole rings is 1. The number of aliphatic hydroxyl groups is 3. The molecule has 0 aromatic carbocycles. The van der Waals surface area contributed by atoms with E-state index in [9.17, 15) is 15.3 Å². The average Bonchev–Trinajstić information content (AvgIpc) is 3.06. The van der Waals surface area contributed by atoms with E-state index in [0.29, 0.717) is 22.4 Å². The fraction of sp³-hybridized carbons (Fsp3) is 0.667. The predicted molar refractivity (Wildman–Crippen MR) is 101 cm³/mol. The number of nitrogens with one attached hydrogen (secondary N) is 1. The van der Waals surface area contributed by atoms with E-state index >= 15 is 0 Å². The highest BCUT2D eigenvalue weighted by atomic mass is 35.5. The summed E-state index contributed by atoms with van der Waals surface area (Å²) in [5, 5.41) is 33.5. The highest BCUT2D eigenvalue weighted by Gasteiger charge is 2.44. The van der Waals surface area contributed by atoms with Gasteiger partial charge in [-0.2, -0.15) is 0 Å². The molecule has 2 aromatic heterocycles. The Morgan fingerprint density at radius 2 is 1.93 bits per heavy atom. The largest absolute Gasteiger partial charge is 0.394 e. The molecule has 0 bridgehead atoms. The van der Waals surface area contributed by atoms with Crippen molar-refractivity contribution in [1.82, 2.24) is 14.5 Å². The maximum absolute atomic E-state index is 10.3. The number of hydrogen-bond donors (Lipinski definition) is 4. The van der Waals surface area contributed by atoms with Crippen LogP contribution in [0.5, 0.6) is 0 Å². The molecule has 2 aromatic rings. The molecule has 148 valence electrons. The topological polar surface area (TPSA) is 113 Å². The molecule has 0 radical (unpaired) electrons. The van der Waals surface area contributed by atoms with E-state index in [2.05, 4.69) is 15.3 Å². The van der Waals surface area contributed by atoms with Gasteiger partial charge in [0.05, 0.1) is 18.6 Å². The summed E-state index contributed by atoms with van der Waals surface area (Å²) in [6.45, 7) is -0.385. The lowest BCUT2D eigenvalue weighted by molar-refractivity contribution is -0.0511. The molecule has 0 spiro atoms. The molecule has 1 aliphatic heterocycles. The number of pyridine rings is 1. The Kier molecular flexibility index (Phi) is 5.52. The minimum absolute atomic E-state index is 0.312. The zero-order valence-corrected chi connectivity index (χ0v) is 15.7. The van der Waals surface area contributed by atoms with Gasteiger partial charge in [-0.15, -0.1) is 0 Å². The molecule has 27 heavy (non-hydrogen) atoms. The number of anilines is 1. The quantitative estimate of drug-likeness (QED) is 0.460. The van der Waals surface area contributed by atoms with Crippen molar-refractivity contribution in [2.75, 3.05) is 11.9 Å². The molecular formula is C18H25ClN4O4. The molecule has 1 saturated heterocycles. The van der Waals surface area contributed by atoms with Gasteiger partial charge >= 0.3 is 0 Å². The lowest BCUT2D eigenvalue weighted by Crippen LogP contribution is -2.33. The standard InChI is InChI=1S/C18H25ClN4O4/c19-13-7-11(21-10-5-3-1-2-4-6-10)14-17(22-13)23(9-20-14)18-16(26)15(25)12(8-24)27-18/h7,9-10,12,15-16,18,24-26H,1-6,8H2,(H,21,22)/t12-,15-,16-,18-/m1/s1. The first-order valence-corrected chi connectivity index (χ1v) is 9.88. The summed E-state index contributed by atoms with van der Waals surface area (Å²) in [6.07, 6.45) is 4.56. The molecular weight excluding hydrogens is 372 g/mol. The second kappa shape index (κ2) is 7.89. The third-order valence-corrected chi connectivity index (χ3v) is 5.70. The fourth-order valence-corrected chi connectivity index (χ4v) is 4.22. The maximum atomic E-state index is 10.3. The molecule has 0 unspecified atom stereocenters. The molecule has 1 saturated carbocycles. The monoisotopic (exact) mass is 396 g/mol. The number of rotatable bonds is 4. The number of halogens is 1. The van der Waals surface area contributed by atoms with E-state index in [1.165, 1.54) is 32.0 Å². The zero-order valence-electron chi connectivity index (χ0n) is 15.0. The Labute approximate surface area is 162 Å². The van der Waals surface area contributed by atoms with Crippen molar-refractivity contribution in [1.29, 1.82) is 0 Å². The molecule has 2 fully saturated rings. The average molecular weight is 397 g/mol. The summed E-state index contributed by atoms with van der Waals surface area (Å²) in [7, 11) is 0. The van der Waals surface area contributed by atoms with Gasteiger partial charge in [-0.3, -0.25) is 4.57 Å². The smallest absolute Gasteiger partial charge is 0.165 e. The van der Waals surface area contributed by atoms with E-state index in [1.807, 2.05) is 0 Å². The Morgan fingerprint density at radius 3 is 2.59 bits per heavy atom. The van der Waals surface area contributed by atoms with Crippen molar-refractivity contribution < 1.29 is 20.1 Å². The number of fused-ring (bicyclic) bond motifs is 1. The molecule has 8 nitrogen and oxygen atoms in total. The summed E-state index contributed by atoms with van der Waals surface area (Å²) in [5.41, 5.74) is 1.91. The SMILES string of the molecule is OC[C@H]1O[C@@H](n2cnc3c(NC4CCCCCC4)cc(Cl)nc32)[C@H](O)[C@@H]1O. The van der Waals surface area contributed by atoms with Crippen LogP contribution in [-0.2, 0) is 4.74 Å². The molecule has 9 heteroatoms. The van der Waals surface area contributed by atoms with E-state index < -0.39 is 24.5 Å². The zero-order chi connectivity index (χ0) is 19.0. The number of aromatic nitrogens is 3. The van der Waals surface area contributed by atoms with Crippen LogP contribution in [0.1, 0.15) is 44.8 Å². The van der Waals surface area contributed by atoms with Crippen LogP contribution >= 0.6 is 11.6 Å². The number of nitrogens with zero attached hydrogens (tertiary/aromatic N) is 3. The van der Waals surface area contributed by atoms with E-state index in [1.54, 1.807) is 10.6 Å². The van der Waals surface area contributed by atoms with Gasteiger partial charge in [0.15, 0.2) is 11.9 Å². The van der Waals surface area contributed by atoms with Crippen LogP contribution in [0.15, 0.2) is 12.4 Å². The van der Waals surface area contributed by atoms with Crippen LogP contribution in [0.25, 0.3) is 11.2 Å². The van der Waals surface area contributed by atoms with Gasteiger partial charge in [0.2, 0.25) is 0 Å². The molecule has 0 amide bonds. The van der Waals surface area contributed by atoms with E-state index in [4.69, 9.17) is 16.3 Å². The highest BCUT2D eigenvalue weighted by molar-refractivity contribution is 6.30. The summed E-state index contributed by atoms with van der Waals surface area (Å²) in [5.74, 6) is 0. The Morgan fingerprint density at radius 1 is 1.19 bits per heavy atom. The van der Waals surface area contributed by atoms with Crippen molar-refractivity contribution in [3.63, 3.8) is 0 Å². The summed E-state index contributed by atoms with van der Waals surface area (Å²) in [6, 6.07) is 2.14. The lowest BCUT2D eigenvalue weighted by atomic mass is 10.1. The second-order valence-electron chi connectivity index (χ2n) is 7.38. The van der Waals surface area contributed by atoms with Gasteiger partial charge in [0.25, 0.3) is 0 Å². The highest BCUT2D eigenvalue weighted by Crippen LogP contribution is 2.34. The van der Waals surface area contributed by atoms with Gasteiger partial charge in [-0.25, -0.2) is 9.97 Å². The van der Waals surface area contributed by atoms with Crippen molar-refractivity contribution in [2.24, 2.45) is 0 Å². The minimum atomic E-state index is -1.20. The van der Waals surface area contributed by atoms with Gasteiger partial charge in [-0.05, 0) is 12.8 Å². The first-order chi connectivity index (χ1) is 13.1. The third-order valence-electron chi connectivity index (χ3n) is 5.50. The van der Waals surface area contributed by atoms with Crippen LogP contribution in [-0.4, -0.2) is 60.8 Å². The Bertz CT molecular complexity index is 793. The van der Waals surface area contributed by atoms with Gasteiger partial charge in [0, 0.05) is 12.1 Å². The number of aliphatic hydroxyl groups excluding tert-OH is 3. The van der Waals surface area contributed by atoms with Crippen LogP contribution in [0.2, 0.25) is 5.15 Å². The van der Waals surface area contributed by atoms with Crippen LogP contribution in [0.4, 0.5) is 5.69 Å². The molecule has 4 N–H and O–H groups in total. The Hall–Kier alpha value is -1.45. The second-order valence-corrected chi connectivity index (χ2v) is 7.77. The summed E-state index contributed by atoms with van der Waals surface area (Å²) >= 11 is 6.25. The molecule has 3 heterocycles. The van der Waals surface area contributed by atoms with Crippen molar-refractivity contribution in [3.8, 4) is 0 Å². The summed E-state index contributed by atoms with van der Waals surface area (Å²) in [4.78, 5) is 8.80. The minimum Gasteiger partial charge on any atom is -0.394 e.